The van der Waals surface area contributed by atoms with Crippen LogP contribution < -0.4 is 4.74 Å². The Morgan fingerprint density at radius 1 is 1.36 bits per heavy atom. The molecular formula is C17H20N2O2S. The Kier molecular flexibility index (Phi) is 4.43. The fourth-order valence-corrected chi connectivity index (χ4v) is 3.57. The average molecular weight is 316 g/mol. The molecule has 0 radical (unpaired) electrons. The highest BCUT2D eigenvalue weighted by Crippen LogP contribution is 2.27. The van der Waals surface area contributed by atoms with Gasteiger partial charge in [0.05, 0.1) is 7.11 Å². The van der Waals surface area contributed by atoms with E-state index in [0.717, 1.165) is 35.8 Å². The number of amides is 1. The van der Waals surface area contributed by atoms with Crippen molar-refractivity contribution in [2.75, 3.05) is 20.2 Å². The lowest BCUT2D eigenvalue weighted by molar-refractivity contribution is 0.0678. The highest BCUT2D eigenvalue weighted by molar-refractivity contribution is 7.13. The van der Waals surface area contributed by atoms with Crippen molar-refractivity contribution in [1.82, 2.24) is 9.88 Å². The average Bonchev–Trinajstić information content (AvgIpc) is 3.04. The van der Waals surface area contributed by atoms with Crippen molar-refractivity contribution in [2.45, 2.75) is 19.8 Å². The van der Waals surface area contributed by atoms with Gasteiger partial charge in [-0.1, -0.05) is 6.92 Å². The maximum atomic E-state index is 12.5. The van der Waals surface area contributed by atoms with Gasteiger partial charge < -0.3 is 9.64 Å². The molecule has 1 aromatic heterocycles. The molecule has 1 saturated heterocycles. The lowest BCUT2D eigenvalue weighted by Gasteiger charge is -2.30. The van der Waals surface area contributed by atoms with E-state index < -0.39 is 0 Å². The van der Waals surface area contributed by atoms with E-state index in [2.05, 4.69) is 11.9 Å². The second-order valence-corrected chi connectivity index (χ2v) is 6.62. The van der Waals surface area contributed by atoms with Gasteiger partial charge in [-0.3, -0.25) is 4.79 Å². The Morgan fingerprint density at radius 3 is 2.82 bits per heavy atom. The molecule has 0 saturated carbocycles. The van der Waals surface area contributed by atoms with Gasteiger partial charge in [-0.05, 0) is 43.0 Å². The van der Waals surface area contributed by atoms with Gasteiger partial charge in [0, 0.05) is 24.0 Å². The summed E-state index contributed by atoms with van der Waals surface area (Å²) in [6.45, 7) is 3.88. The number of likely N-dealkylation sites (tertiary alicyclic amines) is 1. The summed E-state index contributed by atoms with van der Waals surface area (Å²) in [6.07, 6.45) is 2.29. The molecule has 116 valence electrons. The molecule has 22 heavy (non-hydrogen) atoms. The first-order valence-corrected chi connectivity index (χ1v) is 8.44. The van der Waals surface area contributed by atoms with Gasteiger partial charge in [0.25, 0.3) is 5.91 Å². The van der Waals surface area contributed by atoms with Crippen LogP contribution in [0.15, 0.2) is 29.6 Å². The molecule has 0 N–H and O–H groups in total. The summed E-state index contributed by atoms with van der Waals surface area (Å²) in [5.41, 5.74) is 1.57. The van der Waals surface area contributed by atoms with Gasteiger partial charge in [-0.2, -0.15) is 0 Å². The van der Waals surface area contributed by atoms with Crippen LogP contribution in [0.5, 0.6) is 5.75 Å². The van der Waals surface area contributed by atoms with E-state index >= 15 is 0 Å². The fraction of sp³-hybridized carbons (Fsp3) is 0.412. The topological polar surface area (TPSA) is 42.4 Å². The zero-order valence-electron chi connectivity index (χ0n) is 12.9. The molecule has 1 aliphatic heterocycles. The zero-order chi connectivity index (χ0) is 15.5. The van der Waals surface area contributed by atoms with Crippen molar-refractivity contribution in [3.8, 4) is 16.3 Å². The molecule has 0 aliphatic carbocycles. The van der Waals surface area contributed by atoms with Gasteiger partial charge in [0.15, 0.2) is 0 Å². The van der Waals surface area contributed by atoms with Crippen molar-refractivity contribution >= 4 is 17.2 Å². The van der Waals surface area contributed by atoms with Crippen LogP contribution in [0.2, 0.25) is 0 Å². The normalized spacial score (nSPS) is 18.3. The van der Waals surface area contributed by atoms with Gasteiger partial charge >= 0.3 is 0 Å². The number of piperidine rings is 1. The number of hydrogen-bond donors (Lipinski definition) is 0. The molecule has 0 spiro atoms. The maximum absolute atomic E-state index is 12.5. The number of thiazole rings is 1. The Bertz CT molecular complexity index is 651. The molecule has 2 heterocycles. The number of benzene rings is 1. The molecule has 4 nitrogen and oxygen atoms in total. The molecule has 3 rings (SSSR count). The standard InChI is InChI=1S/C17H20N2O2S/c1-12-4-3-9-19(10-12)17(20)15-11-22-16(18-15)13-5-7-14(21-2)8-6-13/h5-8,11-12H,3-4,9-10H2,1-2H3. The molecule has 1 aliphatic rings. The first-order chi connectivity index (χ1) is 10.7. The van der Waals surface area contributed by atoms with E-state index in [1.54, 1.807) is 7.11 Å². The van der Waals surface area contributed by atoms with Crippen molar-refractivity contribution in [1.29, 1.82) is 0 Å². The maximum Gasteiger partial charge on any atom is 0.273 e. The van der Waals surface area contributed by atoms with Gasteiger partial charge in [-0.15, -0.1) is 11.3 Å². The molecule has 0 bridgehead atoms. The summed E-state index contributed by atoms with van der Waals surface area (Å²) in [6, 6.07) is 7.75. The van der Waals surface area contributed by atoms with Crippen LogP contribution in [0.1, 0.15) is 30.3 Å². The third-order valence-electron chi connectivity index (χ3n) is 4.00. The lowest BCUT2D eigenvalue weighted by atomic mass is 10.0. The van der Waals surface area contributed by atoms with Crippen LogP contribution in [-0.2, 0) is 0 Å². The molecular weight excluding hydrogens is 296 g/mol. The highest BCUT2D eigenvalue weighted by Gasteiger charge is 2.23. The molecule has 2 aromatic rings. The number of nitrogens with zero attached hydrogens (tertiary/aromatic N) is 2. The molecule has 1 atom stereocenters. The largest absolute Gasteiger partial charge is 0.497 e. The molecule has 5 heteroatoms. The van der Waals surface area contributed by atoms with Crippen LogP contribution in [0.3, 0.4) is 0 Å². The molecule has 1 fully saturated rings. The van der Waals surface area contributed by atoms with E-state index in [1.165, 1.54) is 17.8 Å². The Morgan fingerprint density at radius 2 is 2.14 bits per heavy atom. The van der Waals surface area contributed by atoms with E-state index in [4.69, 9.17) is 4.74 Å². The predicted octanol–water partition coefficient (Wildman–Crippen LogP) is 3.69. The van der Waals surface area contributed by atoms with Crippen LogP contribution in [0.4, 0.5) is 0 Å². The third kappa shape index (κ3) is 3.14. The Labute approximate surface area is 134 Å². The van der Waals surface area contributed by atoms with Crippen LogP contribution in [-0.4, -0.2) is 36.0 Å². The second kappa shape index (κ2) is 6.48. The third-order valence-corrected chi connectivity index (χ3v) is 4.90. The number of aromatic nitrogens is 1. The predicted molar refractivity (Wildman–Crippen MR) is 88.4 cm³/mol. The summed E-state index contributed by atoms with van der Waals surface area (Å²) in [5.74, 6) is 1.46. The molecule has 1 aromatic carbocycles. The van der Waals surface area contributed by atoms with Crippen molar-refractivity contribution in [2.24, 2.45) is 5.92 Å². The summed E-state index contributed by atoms with van der Waals surface area (Å²) in [7, 11) is 1.65. The zero-order valence-corrected chi connectivity index (χ0v) is 13.7. The summed E-state index contributed by atoms with van der Waals surface area (Å²) in [5, 5.41) is 2.73. The van der Waals surface area contributed by atoms with E-state index in [9.17, 15) is 4.79 Å². The number of carbonyl (C=O) groups is 1. The summed E-state index contributed by atoms with van der Waals surface area (Å²) in [4.78, 5) is 19.0. The highest BCUT2D eigenvalue weighted by atomic mass is 32.1. The van der Waals surface area contributed by atoms with Gasteiger partial charge in [0.1, 0.15) is 16.5 Å². The van der Waals surface area contributed by atoms with Gasteiger partial charge in [-0.25, -0.2) is 4.98 Å². The second-order valence-electron chi connectivity index (χ2n) is 5.76. The van der Waals surface area contributed by atoms with Crippen molar-refractivity contribution in [3.05, 3.63) is 35.3 Å². The Hall–Kier alpha value is -1.88. The minimum absolute atomic E-state index is 0.0579. The molecule has 1 amide bonds. The minimum Gasteiger partial charge on any atom is -0.497 e. The van der Waals surface area contributed by atoms with Crippen molar-refractivity contribution < 1.29 is 9.53 Å². The van der Waals surface area contributed by atoms with Gasteiger partial charge in [0.2, 0.25) is 0 Å². The number of carbonyl (C=O) groups excluding carboxylic acids is 1. The number of ether oxygens (including phenoxy) is 1. The van der Waals surface area contributed by atoms with E-state index in [-0.39, 0.29) is 5.91 Å². The number of methoxy groups -OCH3 is 1. The van der Waals surface area contributed by atoms with Crippen molar-refractivity contribution in [3.63, 3.8) is 0 Å². The van der Waals surface area contributed by atoms with E-state index in [1.807, 2.05) is 34.5 Å². The lowest BCUT2D eigenvalue weighted by Crippen LogP contribution is -2.39. The minimum atomic E-state index is 0.0579. The summed E-state index contributed by atoms with van der Waals surface area (Å²) < 4.78 is 5.16. The SMILES string of the molecule is COc1ccc(-c2nc(C(=O)N3CCCC(C)C3)cs2)cc1. The number of hydrogen-bond acceptors (Lipinski definition) is 4. The van der Waals surface area contributed by atoms with Crippen LogP contribution >= 0.6 is 11.3 Å². The first kappa shape index (κ1) is 15.0. The Balaban J connectivity index is 1.76. The quantitative estimate of drug-likeness (QED) is 0.867. The van der Waals surface area contributed by atoms with E-state index in [0.29, 0.717) is 11.6 Å². The fourth-order valence-electron chi connectivity index (χ4n) is 2.77. The van der Waals surface area contributed by atoms with Crippen LogP contribution in [0, 0.1) is 5.92 Å². The monoisotopic (exact) mass is 316 g/mol. The van der Waals surface area contributed by atoms with Crippen LogP contribution in [0.25, 0.3) is 10.6 Å². The first-order valence-electron chi connectivity index (χ1n) is 7.56. The number of rotatable bonds is 3. The molecule has 1 unspecified atom stereocenters. The smallest absolute Gasteiger partial charge is 0.273 e. The summed E-state index contributed by atoms with van der Waals surface area (Å²) >= 11 is 1.51.